The van der Waals surface area contributed by atoms with Crippen molar-refractivity contribution in [3.63, 3.8) is 0 Å². The highest BCUT2D eigenvalue weighted by molar-refractivity contribution is 7.17. The van der Waals surface area contributed by atoms with Gasteiger partial charge < -0.3 is 15.2 Å². The second kappa shape index (κ2) is 10.8. The normalized spacial score (nSPS) is 18.2. The lowest BCUT2D eigenvalue weighted by Gasteiger charge is -2.38. The number of amides is 1. The fourth-order valence-corrected chi connectivity index (χ4v) is 5.14. The van der Waals surface area contributed by atoms with Crippen LogP contribution in [0.25, 0.3) is 10.9 Å². The number of likely N-dealkylation sites (N-methyl/N-ethyl adjacent to an activating group) is 1. The van der Waals surface area contributed by atoms with E-state index >= 15 is 0 Å². The van der Waals surface area contributed by atoms with Gasteiger partial charge in [0.25, 0.3) is 12.3 Å². The second-order valence-corrected chi connectivity index (χ2v) is 10.4. The molecule has 4 rings (SSSR count). The van der Waals surface area contributed by atoms with Crippen LogP contribution in [0.3, 0.4) is 0 Å². The number of hydrogen-bond acceptors (Lipinski definition) is 6. The van der Waals surface area contributed by atoms with Crippen LogP contribution in [0.1, 0.15) is 42.1 Å². The zero-order valence-corrected chi connectivity index (χ0v) is 20.6. The highest BCUT2D eigenvalue weighted by Gasteiger charge is 2.33. The van der Waals surface area contributed by atoms with E-state index in [4.69, 9.17) is 0 Å². The summed E-state index contributed by atoms with van der Waals surface area (Å²) in [7, 11) is 1.71. The van der Waals surface area contributed by atoms with E-state index in [9.17, 15) is 13.6 Å². The Morgan fingerprint density at radius 2 is 2.03 bits per heavy atom. The van der Waals surface area contributed by atoms with Crippen molar-refractivity contribution in [3.05, 3.63) is 41.0 Å². The summed E-state index contributed by atoms with van der Waals surface area (Å²) in [6.07, 6.45) is 2.13. The standard InChI is InChI=1S/C24H32F2N6OS/c1-15(2)8-9-17(12-16-13-27-19-7-5-4-6-18(16)19)28-22(33)23-29-30-24(34-23)32-11-10-31(3)20(14-32)21(25)26/h4-7,13,15,17,20-21,27H,8-12,14H2,1-3H3,(H,28,33). The average molecular weight is 491 g/mol. The van der Waals surface area contributed by atoms with E-state index < -0.39 is 12.5 Å². The summed E-state index contributed by atoms with van der Waals surface area (Å²) in [6, 6.07) is 7.24. The molecule has 0 saturated carbocycles. The summed E-state index contributed by atoms with van der Waals surface area (Å²) < 4.78 is 26.7. The molecule has 1 aliphatic rings. The molecule has 2 N–H and O–H groups in total. The summed E-state index contributed by atoms with van der Waals surface area (Å²) in [5, 5.41) is 13.3. The molecule has 184 valence electrons. The van der Waals surface area contributed by atoms with Gasteiger partial charge in [0.1, 0.15) is 0 Å². The first-order chi connectivity index (χ1) is 16.3. The number of nitrogens with zero attached hydrogens (tertiary/aromatic N) is 4. The maximum atomic E-state index is 13.4. The number of nitrogens with one attached hydrogen (secondary N) is 2. The Morgan fingerprint density at radius 3 is 2.79 bits per heavy atom. The molecule has 2 atom stereocenters. The monoisotopic (exact) mass is 490 g/mol. The lowest BCUT2D eigenvalue weighted by molar-refractivity contribution is 0.0325. The Labute approximate surface area is 202 Å². The predicted octanol–water partition coefficient (Wildman–Crippen LogP) is 4.18. The SMILES string of the molecule is CC(C)CCC(Cc1c[nH]c2ccccc12)NC(=O)c1nnc(N2CCN(C)C(C(F)F)C2)s1. The Hall–Kier alpha value is -2.59. The molecule has 10 heteroatoms. The Balaban J connectivity index is 1.45. The van der Waals surface area contributed by atoms with Crippen molar-refractivity contribution in [1.82, 2.24) is 25.4 Å². The number of aromatic nitrogens is 3. The summed E-state index contributed by atoms with van der Waals surface area (Å²) in [5.74, 6) is 0.257. The summed E-state index contributed by atoms with van der Waals surface area (Å²) >= 11 is 1.16. The largest absolute Gasteiger partial charge is 0.361 e. The van der Waals surface area contributed by atoms with Gasteiger partial charge in [-0.05, 0) is 43.9 Å². The van der Waals surface area contributed by atoms with E-state index in [-0.39, 0.29) is 23.5 Å². The van der Waals surface area contributed by atoms with Crippen molar-refractivity contribution >= 4 is 33.3 Å². The van der Waals surface area contributed by atoms with E-state index in [0.717, 1.165) is 40.6 Å². The van der Waals surface area contributed by atoms with Gasteiger partial charge in [-0.1, -0.05) is 43.4 Å². The maximum Gasteiger partial charge on any atom is 0.282 e. The number of carbonyl (C=O) groups excluding carboxylic acids is 1. The van der Waals surface area contributed by atoms with Crippen molar-refractivity contribution in [2.75, 3.05) is 31.6 Å². The number of alkyl halides is 2. The van der Waals surface area contributed by atoms with Crippen LogP contribution in [-0.4, -0.2) is 71.2 Å². The molecule has 2 unspecified atom stereocenters. The lowest BCUT2D eigenvalue weighted by atomic mass is 9.97. The van der Waals surface area contributed by atoms with Gasteiger partial charge in [0, 0.05) is 42.8 Å². The molecule has 3 heterocycles. The van der Waals surface area contributed by atoms with E-state index in [1.54, 1.807) is 16.8 Å². The molecule has 1 fully saturated rings. The minimum atomic E-state index is -2.44. The number of carbonyl (C=O) groups is 1. The topological polar surface area (TPSA) is 77.1 Å². The average Bonchev–Trinajstić information content (AvgIpc) is 3.45. The van der Waals surface area contributed by atoms with Crippen molar-refractivity contribution in [2.45, 2.75) is 51.6 Å². The number of rotatable bonds is 9. The number of benzene rings is 1. The van der Waals surface area contributed by atoms with Gasteiger partial charge in [-0.15, -0.1) is 10.2 Å². The number of hydrogen-bond donors (Lipinski definition) is 2. The molecule has 0 radical (unpaired) electrons. The first-order valence-electron chi connectivity index (χ1n) is 11.7. The van der Waals surface area contributed by atoms with E-state index in [1.165, 1.54) is 0 Å². The smallest absolute Gasteiger partial charge is 0.282 e. The molecule has 2 aromatic heterocycles. The van der Waals surface area contributed by atoms with Gasteiger partial charge in [-0.25, -0.2) is 8.78 Å². The number of halogens is 2. The fraction of sp³-hybridized carbons (Fsp3) is 0.542. The number of aromatic amines is 1. The van der Waals surface area contributed by atoms with E-state index in [2.05, 4.69) is 40.4 Å². The molecule has 1 aromatic carbocycles. The third kappa shape index (κ3) is 5.72. The molecular weight excluding hydrogens is 458 g/mol. The van der Waals surface area contributed by atoms with Crippen molar-refractivity contribution in [2.24, 2.45) is 5.92 Å². The maximum absolute atomic E-state index is 13.4. The predicted molar refractivity (Wildman–Crippen MR) is 132 cm³/mol. The van der Waals surface area contributed by atoms with Crippen LogP contribution >= 0.6 is 11.3 Å². The molecule has 1 aliphatic heterocycles. The third-order valence-electron chi connectivity index (χ3n) is 6.44. The first kappa shape index (κ1) is 24.5. The van der Waals surface area contributed by atoms with Crippen LogP contribution in [0.5, 0.6) is 0 Å². The minimum Gasteiger partial charge on any atom is -0.361 e. The van der Waals surface area contributed by atoms with Gasteiger partial charge in [0.05, 0.1) is 6.04 Å². The Morgan fingerprint density at radius 1 is 1.24 bits per heavy atom. The van der Waals surface area contributed by atoms with Gasteiger partial charge in [-0.3, -0.25) is 9.69 Å². The minimum absolute atomic E-state index is 0.0479. The first-order valence-corrected chi connectivity index (χ1v) is 12.6. The Kier molecular flexibility index (Phi) is 7.77. The van der Waals surface area contributed by atoms with Crippen molar-refractivity contribution in [1.29, 1.82) is 0 Å². The molecule has 0 aliphatic carbocycles. The molecule has 0 spiro atoms. The van der Waals surface area contributed by atoms with Crippen LogP contribution in [0.4, 0.5) is 13.9 Å². The molecule has 1 amide bonds. The van der Waals surface area contributed by atoms with E-state index in [0.29, 0.717) is 30.6 Å². The fourth-order valence-electron chi connectivity index (χ4n) is 4.35. The third-order valence-corrected chi connectivity index (χ3v) is 7.42. The van der Waals surface area contributed by atoms with Gasteiger partial charge in [-0.2, -0.15) is 0 Å². The number of para-hydroxylation sites is 1. The highest BCUT2D eigenvalue weighted by Crippen LogP contribution is 2.26. The summed E-state index contributed by atoms with van der Waals surface area (Å²) in [4.78, 5) is 19.8. The van der Waals surface area contributed by atoms with Gasteiger partial charge >= 0.3 is 0 Å². The number of fused-ring (bicyclic) bond motifs is 1. The highest BCUT2D eigenvalue weighted by atomic mass is 32.1. The number of anilines is 1. The van der Waals surface area contributed by atoms with Crippen molar-refractivity contribution in [3.8, 4) is 0 Å². The van der Waals surface area contributed by atoms with Crippen molar-refractivity contribution < 1.29 is 13.6 Å². The van der Waals surface area contributed by atoms with Gasteiger partial charge in [0.15, 0.2) is 0 Å². The molecule has 0 bridgehead atoms. The Bertz CT molecular complexity index is 1100. The van der Waals surface area contributed by atoms with Crippen LogP contribution in [0, 0.1) is 5.92 Å². The molecule has 34 heavy (non-hydrogen) atoms. The second-order valence-electron chi connectivity index (χ2n) is 9.42. The van der Waals surface area contributed by atoms with Crippen LogP contribution in [0.15, 0.2) is 30.5 Å². The van der Waals surface area contributed by atoms with Crippen LogP contribution < -0.4 is 10.2 Å². The molecular formula is C24H32F2N6OS. The van der Waals surface area contributed by atoms with Gasteiger partial charge in [0.2, 0.25) is 10.1 Å². The molecule has 7 nitrogen and oxygen atoms in total. The summed E-state index contributed by atoms with van der Waals surface area (Å²) in [5.41, 5.74) is 2.24. The molecule has 1 saturated heterocycles. The van der Waals surface area contributed by atoms with E-state index in [1.807, 2.05) is 24.4 Å². The zero-order chi connectivity index (χ0) is 24.2. The quantitative estimate of drug-likeness (QED) is 0.471. The summed E-state index contributed by atoms with van der Waals surface area (Å²) in [6.45, 7) is 5.60. The van der Waals surface area contributed by atoms with Crippen LogP contribution in [0.2, 0.25) is 0 Å². The lowest BCUT2D eigenvalue weighted by Crippen LogP contribution is -2.54. The van der Waals surface area contributed by atoms with Crippen LogP contribution in [-0.2, 0) is 6.42 Å². The number of H-pyrrole nitrogens is 1. The molecule has 3 aromatic rings. The zero-order valence-electron chi connectivity index (χ0n) is 19.8. The number of piperazine rings is 1.